The van der Waals surface area contributed by atoms with Crippen LogP contribution in [0.25, 0.3) is 0 Å². The Morgan fingerprint density at radius 1 is 1.29 bits per heavy atom. The average molecular weight is 237 g/mol. The molecular weight excluding hydrogens is 214 g/mol. The topological polar surface area (TPSA) is 46.2 Å². The summed E-state index contributed by atoms with van der Waals surface area (Å²) in [6.45, 7) is 6.12. The zero-order chi connectivity index (χ0) is 12.7. The van der Waals surface area contributed by atoms with Gasteiger partial charge >= 0.3 is 0 Å². The van der Waals surface area contributed by atoms with Crippen LogP contribution in [-0.2, 0) is 4.74 Å². The van der Waals surface area contributed by atoms with Gasteiger partial charge in [0.15, 0.2) is 0 Å². The lowest BCUT2D eigenvalue weighted by molar-refractivity contribution is 0.157. The van der Waals surface area contributed by atoms with Gasteiger partial charge in [0.05, 0.1) is 0 Å². The maximum atomic E-state index is 5.11. The summed E-state index contributed by atoms with van der Waals surface area (Å²) in [4.78, 5) is 4.42. The zero-order valence-corrected chi connectivity index (χ0v) is 11.2. The normalized spacial score (nSPS) is 11.3. The van der Waals surface area contributed by atoms with Gasteiger partial charge in [-0.05, 0) is 24.0 Å². The molecule has 0 aliphatic rings. The van der Waals surface area contributed by atoms with E-state index < -0.39 is 0 Å². The maximum absolute atomic E-state index is 5.11. The minimum Gasteiger partial charge on any atom is -0.385 e. The fourth-order valence-electron chi connectivity index (χ4n) is 1.47. The summed E-state index contributed by atoms with van der Waals surface area (Å²) >= 11 is 0. The first-order valence-electron chi connectivity index (χ1n) is 5.95. The molecule has 96 valence electrons. The second-order valence-electron chi connectivity index (χ2n) is 4.92. The molecule has 0 aliphatic heterocycles. The Labute approximate surface area is 104 Å². The van der Waals surface area contributed by atoms with Gasteiger partial charge in [0.1, 0.15) is 11.6 Å². The molecular formula is C13H23N3O. The quantitative estimate of drug-likeness (QED) is 0.765. The van der Waals surface area contributed by atoms with Gasteiger partial charge in [-0.1, -0.05) is 19.9 Å². The van der Waals surface area contributed by atoms with Crippen LogP contribution in [0.5, 0.6) is 0 Å². The van der Waals surface area contributed by atoms with Crippen molar-refractivity contribution in [2.45, 2.75) is 20.3 Å². The number of nitrogens with zero attached hydrogens (tertiary/aromatic N) is 1. The Hall–Kier alpha value is -1.29. The third-order valence-electron chi connectivity index (χ3n) is 2.74. The number of rotatable bonds is 7. The Morgan fingerprint density at radius 3 is 2.65 bits per heavy atom. The Bertz CT molecular complexity index is 339. The van der Waals surface area contributed by atoms with Crippen LogP contribution >= 0.6 is 0 Å². The third kappa shape index (κ3) is 5.04. The van der Waals surface area contributed by atoms with Crippen LogP contribution in [0.1, 0.15) is 20.3 Å². The number of nitrogens with one attached hydrogen (secondary N) is 2. The molecule has 0 radical (unpaired) electrons. The summed E-state index contributed by atoms with van der Waals surface area (Å²) in [5.74, 6) is 1.78. The zero-order valence-electron chi connectivity index (χ0n) is 11.2. The van der Waals surface area contributed by atoms with Gasteiger partial charge in [0.25, 0.3) is 0 Å². The standard InChI is InChI=1S/C13H23N3O/c1-13(2,8-9-17-4)10-15-12-7-5-6-11(14-3)16-12/h5-7H,8-10H2,1-4H3,(H2,14,15,16). The van der Waals surface area contributed by atoms with E-state index in [9.17, 15) is 0 Å². The molecule has 4 heteroatoms. The molecule has 1 aromatic heterocycles. The molecule has 0 unspecified atom stereocenters. The summed E-state index contributed by atoms with van der Waals surface area (Å²) in [5.41, 5.74) is 0.202. The minimum atomic E-state index is 0.202. The number of methoxy groups -OCH3 is 1. The largest absolute Gasteiger partial charge is 0.385 e. The van der Waals surface area contributed by atoms with E-state index in [2.05, 4.69) is 29.5 Å². The molecule has 17 heavy (non-hydrogen) atoms. The number of anilines is 2. The molecule has 0 aliphatic carbocycles. The van der Waals surface area contributed by atoms with Gasteiger partial charge in [-0.15, -0.1) is 0 Å². The van der Waals surface area contributed by atoms with Crippen molar-refractivity contribution < 1.29 is 4.74 Å². The molecule has 0 saturated carbocycles. The van der Waals surface area contributed by atoms with Crippen LogP contribution in [-0.4, -0.2) is 32.3 Å². The van der Waals surface area contributed by atoms with E-state index in [4.69, 9.17) is 4.74 Å². The fourth-order valence-corrected chi connectivity index (χ4v) is 1.47. The van der Waals surface area contributed by atoms with Crippen LogP contribution in [0.15, 0.2) is 18.2 Å². The van der Waals surface area contributed by atoms with Crippen LogP contribution in [0.2, 0.25) is 0 Å². The Balaban J connectivity index is 2.48. The lowest BCUT2D eigenvalue weighted by Crippen LogP contribution is -2.25. The summed E-state index contributed by atoms with van der Waals surface area (Å²) in [6.07, 6.45) is 1.03. The van der Waals surface area contributed by atoms with E-state index >= 15 is 0 Å². The number of pyridine rings is 1. The van der Waals surface area contributed by atoms with Crippen molar-refractivity contribution in [2.75, 3.05) is 37.9 Å². The lowest BCUT2D eigenvalue weighted by atomic mass is 9.90. The third-order valence-corrected chi connectivity index (χ3v) is 2.74. The van der Waals surface area contributed by atoms with E-state index in [1.54, 1.807) is 7.11 Å². The van der Waals surface area contributed by atoms with E-state index in [0.717, 1.165) is 31.2 Å². The van der Waals surface area contributed by atoms with Gasteiger partial charge in [0.2, 0.25) is 0 Å². The predicted molar refractivity (Wildman–Crippen MR) is 72.5 cm³/mol. The van der Waals surface area contributed by atoms with Crippen molar-refractivity contribution in [1.29, 1.82) is 0 Å². The highest BCUT2D eigenvalue weighted by Crippen LogP contribution is 2.21. The number of aromatic nitrogens is 1. The molecule has 4 nitrogen and oxygen atoms in total. The van der Waals surface area contributed by atoms with Gasteiger partial charge in [-0.3, -0.25) is 0 Å². The molecule has 1 aromatic rings. The molecule has 2 N–H and O–H groups in total. The Kier molecular flexibility index (Phi) is 5.22. The average Bonchev–Trinajstić information content (AvgIpc) is 2.34. The monoisotopic (exact) mass is 237 g/mol. The van der Waals surface area contributed by atoms with Crippen LogP contribution in [0.3, 0.4) is 0 Å². The molecule has 0 aromatic carbocycles. The van der Waals surface area contributed by atoms with Gasteiger partial charge in [0, 0.05) is 27.3 Å². The molecule has 1 rings (SSSR count). The van der Waals surface area contributed by atoms with Crippen LogP contribution < -0.4 is 10.6 Å². The number of ether oxygens (including phenoxy) is 1. The van der Waals surface area contributed by atoms with Crippen molar-refractivity contribution in [3.63, 3.8) is 0 Å². The molecule has 0 saturated heterocycles. The highest BCUT2D eigenvalue weighted by Gasteiger charge is 2.17. The summed E-state index contributed by atoms with van der Waals surface area (Å²) in [5, 5.41) is 6.39. The van der Waals surface area contributed by atoms with Crippen molar-refractivity contribution in [3.8, 4) is 0 Å². The van der Waals surface area contributed by atoms with Crippen molar-refractivity contribution in [1.82, 2.24) is 4.98 Å². The molecule has 0 bridgehead atoms. The van der Waals surface area contributed by atoms with Crippen molar-refractivity contribution in [2.24, 2.45) is 5.41 Å². The predicted octanol–water partition coefficient (Wildman–Crippen LogP) is 2.60. The first-order valence-corrected chi connectivity index (χ1v) is 5.95. The smallest absolute Gasteiger partial charge is 0.128 e. The van der Waals surface area contributed by atoms with E-state index in [1.807, 2.05) is 25.2 Å². The minimum absolute atomic E-state index is 0.202. The van der Waals surface area contributed by atoms with Gasteiger partial charge < -0.3 is 15.4 Å². The number of hydrogen-bond donors (Lipinski definition) is 2. The highest BCUT2D eigenvalue weighted by molar-refractivity contribution is 5.44. The van der Waals surface area contributed by atoms with E-state index in [0.29, 0.717) is 0 Å². The lowest BCUT2D eigenvalue weighted by Gasteiger charge is -2.24. The molecule has 0 amide bonds. The van der Waals surface area contributed by atoms with Crippen LogP contribution in [0.4, 0.5) is 11.6 Å². The molecule has 0 spiro atoms. The Morgan fingerprint density at radius 2 is 2.00 bits per heavy atom. The second kappa shape index (κ2) is 6.45. The first kappa shape index (κ1) is 13.8. The fraction of sp³-hybridized carbons (Fsp3) is 0.615. The SMILES string of the molecule is CNc1cccc(NCC(C)(C)CCOC)n1. The molecule has 1 heterocycles. The summed E-state index contributed by atoms with van der Waals surface area (Å²) < 4.78 is 5.11. The summed E-state index contributed by atoms with van der Waals surface area (Å²) in [6, 6.07) is 5.91. The van der Waals surface area contributed by atoms with E-state index in [-0.39, 0.29) is 5.41 Å². The second-order valence-corrected chi connectivity index (χ2v) is 4.92. The molecule has 0 atom stereocenters. The van der Waals surface area contributed by atoms with Crippen LogP contribution in [0, 0.1) is 5.41 Å². The van der Waals surface area contributed by atoms with Gasteiger partial charge in [-0.25, -0.2) is 4.98 Å². The first-order chi connectivity index (χ1) is 8.07. The maximum Gasteiger partial charge on any atom is 0.128 e. The highest BCUT2D eigenvalue weighted by atomic mass is 16.5. The van der Waals surface area contributed by atoms with Gasteiger partial charge in [-0.2, -0.15) is 0 Å². The van der Waals surface area contributed by atoms with E-state index in [1.165, 1.54) is 0 Å². The summed E-state index contributed by atoms with van der Waals surface area (Å²) in [7, 11) is 3.61. The molecule has 0 fully saturated rings. The number of hydrogen-bond acceptors (Lipinski definition) is 4. The van der Waals surface area contributed by atoms with Crippen molar-refractivity contribution in [3.05, 3.63) is 18.2 Å². The van der Waals surface area contributed by atoms with Crippen molar-refractivity contribution >= 4 is 11.6 Å².